The van der Waals surface area contributed by atoms with E-state index < -0.39 is 31.7 Å². The average Bonchev–Trinajstić information content (AvgIpc) is 2.94. The molecule has 0 amide bonds. The van der Waals surface area contributed by atoms with Crippen molar-refractivity contribution in [3.63, 3.8) is 0 Å². The summed E-state index contributed by atoms with van der Waals surface area (Å²) < 4.78 is 0. The maximum absolute atomic E-state index is 11.8. The molecule has 0 aromatic heterocycles. The van der Waals surface area contributed by atoms with Crippen LogP contribution in [0.15, 0.2) is 23.8 Å². The maximum atomic E-state index is 11.8. The molecule has 3 rings (SSSR count). The first-order valence-electron chi connectivity index (χ1n) is 7.95. The van der Waals surface area contributed by atoms with Crippen molar-refractivity contribution < 1.29 is 14.8 Å². The van der Waals surface area contributed by atoms with Gasteiger partial charge in [0.25, 0.3) is 17.1 Å². The van der Waals surface area contributed by atoms with Gasteiger partial charge in [0.1, 0.15) is 23.3 Å². The van der Waals surface area contributed by atoms with Crippen LogP contribution in [0.1, 0.15) is 22.3 Å². The fraction of sp³-hybridized carbons (Fsp3) is 0.111. The number of hydrogen-bond donors (Lipinski definition) is 0. The van der Waals surface area contributed by atoms with Crippen molar-refractivity contribution in [3.05, 3.63) is 76.4 Å². The number of nitro benzene ring substituents is 3. The smallest absolute Gasteiger partial charge is 0.258 e. The second-order valence-electron chi connectivity index (χ2n) is 6.22. The molecule has 11 nitrogen and oxygen atoms in total. The van der Waals surface area contributed by atoms with Gasteiger partial charge in [0.2, 0.25) is 0 Å². The lowest BCUT2D eigenvalue weighted by Gasteiger charge is -2.07. The summed E-state index contributed by atoms with van der Waals surface area (Å²) in [5, 5.41) is 53.2. The molecular weight excluding hydrogens is 382 g/mol. The first-order chi connectivity index (χ1) is 13.6. The molecular formula is C18H9N5O6. The topological polar surface area (TPSA) is 177 Å². The second kappa shape index (κ2) is 6.51. The summed E-state index contributed by atoms with van der Waals surface area (Å²) in [6, 6.07) is 6.85. The van der Waals surface area contributed by atoms with Crippen molar-refractivity contribution in [3.8, 4) is 23.3 Å². The normalized spacial score (nSPS) is 11.1. The van der Waals surface area contributed by atoms with Gasteiger partial charge in [-0.25, -0.2) is 0 Å². The fourth-order valence-corrected chi connectivity index (χ4v) is 3.50. The predicted octanol–water partition coefficient (Wildman–Crippen LogP) is 3.86. The van der Waals surface area contributed by atoms with Crippen molar-refractivity contribution in [1.29, 1.82) is 10.5 Å². The summed E-state index contributed by atoms with van der Waals surface area (Å²) in [7, 11) is 0. The molecule has 0 saturated carbocycles. The van der Waals surface area contributed by atoms with Crippen LogP contribution in [0.25, 0.3) is 16.7 Å². The molecule has 0 bridgehead atoms. The summed E-state index contributed by atoms with van der Waals surface area (Å²) in [4.78, 5) is 32.3. The van der Waals surface area contributed by atoms with Crippen LogP contribution in [-0.4, -0.2) is 14.8 Å². The minimum Gasteiger partial charge on any atom is -0.258 e. The molecule has 0 radical (unpaired) electrons. The lowest BCUT2D eigenvalue weighted by atomic mass is 9.96. The number of aryl methyl sites for hydroxylation is 1. The Kier molecular flexibility index (Phi) is 4.29. The molecule has 29 heavy (non-hydrogen) atoms. The van der Waals surface area contributed by atoms with Crippen LogP contribution in [0.2, 0.25) is 0 Å². The molecule has 0 spiro atoms. The first-order valence-corrected chi connectivity index (χ1v) is 7.95. The Hall–Kier alpha value is -4.64. The van der Waals surface area contributed by atoms with Crippen molar-refractivity contribution in [2.45, 2.75) is 13.8 Å². The summed E-state index contributed by atoms with van der Waals surface area (Å²) in [6.45, 7) is 2.67. The number of benzene rings is 2. The van der Waals surface area contributed by atoms with E-state index in [2.05, 4.69) is 0 Å². The number of nitriles is 2. The molecule has 0 atom stereocenters. The van der Waals surface area contributed by atoms with E-state index in [9.17, 15) is 40.9 Å². The van der Waals surface area contributed by atoms with Gasteiger partial charge >= 0.3 is 0 Å². The third-order valence-corrected chi connectivity index (χ3v) is 4.72. The van der Waals surface area contributed by atoms with Crippen LogP contribution < -0.4 is 0 Å². The van der Waals surface area contributed by atoms with Crippen molar-refractivity contribution in [2.75, 3.05) is 0 Å². The Labute approximate surface area is 162 Å². The van der Waals surface area contributed by atoms with E-state index in [1.54, 1.807) is 12.1 Å². The van der Waals surface area contributed by atoms with Gasteiger partial charge in [-0.2, -0.15) is 10.5 Å². The van der Waals surface area contributed by atoms with Crippen LogP contribution in [0, 0.1) is 66.9 Å². The van der Waals surface area contributed by atoms with Gasteiger partial charge in [-0.3, -0.25) is 30.3 Å². The van der Waals surface area contributed by atoms with Gasteiger partial charge in [0.15, 0.2) is 0 Å². The highest BCUT2D eigenvalue weighted by Crippen LogP contribution is 2.53. The van der Waals surface area contributed by atoms with Crippen molar-refractivity contribution in [1.82, 2.24) is 0 Å². The van der Waals surface area contributed by atoms with Crippen LogP contribution in [0.4, 0.5) is 17.1 Å². The van der Waals surface area contributed by atoms with Crippen LogP contribution in [-0.2, 0) is 0 Å². The largest absolute Gasteiger partial charge is 0.287 e. The second-order valence-corrected chi connectivity index (χ2v) is 6.22. The maximum Gasteiger partial charge on any atom is 0.287 e. The zero-order chi connectivity index (χ0) is 21.6. The summed E-state index contributed by atoms with van der Waals surface area (Å²) in [5.74, 6) is 0. The van der Waals surface area contributed by atoms with E-state index in [1.807, 2.05) is 0 Å². The summed E-state index contributed by atoms with van der Waals surface area (Å²) in [5.41, 5.74) is -1.76. The summed E-state index contributed by atoms with van der Waals surface area (Å²) >= 11 is 0. The molecule has 2 aromatic rings. The van der Waals surface area contributed by atoms with E-state index in [0.29, 0.717) is 0 Å². The number of hydrogen-bond acceptors (Lipinski definition) is 8. The Morgan fingerprint density at radius 1 is 0.828 bits per heavy atom. The van der Waals surface area contributed by atoms with E-state index in [4.69, 9.17) is 0 Å². The molecule has 142 valence electrons. The SMILES string of the molecule is Cc1cc2c(cc1[N+](=O)[O-])C(=C(C#N)C#N)c1cc([N+](=O)[O-])c(C)c([N+](=O)[O-])c1-2. The first kappa shape index (κ1) is 19.1. The van der Waals surface area contributed by atoms with Crippen LogP contribution in [0.5, 0.6) is 0 Å². The average molecular weight is 391 g/mol. The Morgan fingerprint density at radius 3 is 1.86 bits per heavy atom. The fourth-order valence-electron chi connectivity index (χ4n) is 3.50. The number of rotatable bonds is 3. The Balaban J connectivity index is 2.63. The molecule has 0 N–H and O–H groups in total. The molecule has 2 aromatic carbocycles. The minimum absolute atomic E-state index is 0.0101. The van der Waals surface area contributed by atoms with Gasteiger partial charge in [0.05, 0.1) is 20.3 Å². The van der Waals surface area contributed by atoms with Gasteiger partial charge in [0, 0.05) is 28.8 Å². The Bertz CT molecular complexity index is 1260. The van der Waals surface area contributed by atoms with Gasteiger partial charge in [-0.15, -0.1) is 0 Å². The standard InChI is InChI=1S/C18H9N5O6/c1-8-3-11-12(4-14(8)21(24)25)16(10(6-19)7-20)13-5-15(22(26)27)9(2)18(17(11)13)23(28)29/h3-5H,1-2H3. The van der Waals surface area contributed by atoms with Crippen molar-refractivity contribution >= 4 is 22.6 Å². The highest BCUT2D eigenvalue weighted by Gasteiger charge is 2.39. The van der Waals surface area contributed by atoms with Crippen molar-refractivity contribution in [2.24, 2.45) is 0 Å². The molecule has 1 aliphatic carbocycles. The highest BCUT2D eigenvalue weighted by molar-refractivity contribution is 6.08. The molecule has 0 aliphatic heterocycles. The van der Waals surface area contributed by atoms with Gasteiger partial charge in [-0.05, 0) is 31.0 Å². The van der Waals surface area contributed by atoms with E-state index in [0.717, 1.165) is 12.1 Å². The van der Waals surface area contributed by atoms with E-state index in [-0.39, 0.29) is 44.6 Å². The minimum atomic E-state index is -0.796. The lowest BCUT2D eigenvalue weighted by molar-refractivity contribution is -0.394. The van der Waals surface area contributed by atoms with Gasteiger partial charge < -0.3 is 0 Å². The number of fused-ring (bicyclic) bond motifs is 3. The molecule has 1 aliphatic rings. The predicted molar refractivity (Wildman–Crippen MR) is 98.6 cm³/mol. The van der Waals surface area contributed by atoms with Crippen LogP contribution in [0.3, 0.4) is 0 Å². The third-order valence-electron chi connectivity index (χ3n) is 4.72. The highest BCUT2D eigenvalue weighted by atomic mass is 16.6. The summed E-state index contributed by atoms with van der Waals surface area (Å²) in [6.07, 6.45) is 0. The monoisotopic (exact) mass is 391 g/mol. The van der Waals surface area contributed by atoms with E-state index in [1.165, 1.54) is 19.9 Å². The molecule has 0 fully saturated rings. The van der Waals surface area contributed by atoms with E-state index >= 15 is 0 Å². The molecule has 0 saturated heterocycles. The zero-order valence-electron chi connectivity index (χ0n) is 14.9. The number of nitro groups is 3. The number of allylic oxidation sites excluding steroid dienone is 1. The Morgan fingerprint density at radius 2 is 1.38 bits per heavy atom. The van der Waals surface area contributed by atoms with Crippen LogP contribution >= 0.6 is 0 Å². The van der Waals surface area contributed by atoms with Gasteiger partial charge in [-0.1, -0.05) is 0 Å². The molecule has 0 heterocycles. The molecule has 11 heteroatoms. The zero-order valence-corrected chi connectivity index (χ0v) is 14.9. The lowest BCUT2D eigenvalue weighted by Crippen LogP contribution is -2.01. The number of nitrogens with zero attached hydrogens (tertiary/aromatic N) is 5. The third kappa shape index (κ3) is 2.65. The quantitative estimate of drug-likeness (QED) is 0.367. The molecule has 0 unspecified atom stereocenters.